The van der Waals surface area contributed by atoms with Gasteiger partial charge in [-0.05, 0) is 54.6 Å². The predicted octanol–water partition coefficient (Wildman–Crippen LogP) is 3.30. The molecule has 0 aromatic heterocycles. The third-order valence-electron chi connectivity index (χ3n) is 5.76. The second-order valence-corrected chi connectivity index (χ2v) is 7.10. The summed E-state index contributed by atoms with van der Waals surface area (Å²) in [5.41, 5.74) is 9.13. The second-order valence-electron chi connectivity index (χ2n) is 7.10. The van der Waals surface area contributed by atoms with Gasteiger partial charge in [0.1, 0.15) is 0 Å². The topological polar surface area (TPSA) is 29.3 Å². The summed E-state index contributed by atoms with van der Waals surface area (Å²) in [6.45, 7) is 3.31. The van der Waals surface area contributed by atoms with Crippen molar-refractivity contribution < 1.29 is 0 Å². The van der Waals surface area contributed by atoms with E-state index in [4.69, 9.17) is 5.73 Å². The lowest BCUT2D eigenvalue weighted by molar-refractivity contribution is 0.232. The lowest BCUT2D eigenvalue weighted by Gasteiger charge is -2.28. The fraction of sp³-hybridized carbons (Fsp3) is 0.667. The van der Waals surface area contributed by atoms with Crippen LogP contribution in [0.4, 0.5) is 0 Å². The first-order chi connectivity index (χ1) is 9.85. The first kappa shape index (κ1) is 12.8. The van der Waals surface area contributed by atoms with Crippen molar-refractivity contribution >= 4 is 0 Å². The molecule has 0 spiro atoms. The van der Waals surface area contributed by atoms with E-state index in [-0.39, 0.29) is 0 Å². The summed E-state index contributed by atoms with van der Waals surface area (Å²) in [7, 11) is 0. The fourth-order valence-electron chi connectivity index (χ4n) is 4.46. The van der Waals surface area contributed by atoms with Gasteiger partial charge in [-0.3, -0.25) is 4.90 Å². The molecule has 2 nitrogen and oxygen atoms in total. The van der Waals surface area contributed by atoms with Gasteiger partial charge in [0.05, 0.1) is 0 Å². The molecule has 1 aliphatic heterocycles. The van der Waals surface area contributed by atoms with E-state index in [1.54, 1.807) is 5.56 Å². The summed E-state index contributed by atoms with van der Waals surface area (Å²) >= 11 is 0. The average Bonchev–Trinajstić information content (AvgIpc) is 3.11. The number of hydrogen-bond acceptors (Lipinski definition) is 2. The molecular formula is C18H26N2. The maximum Gasteiger partial charge on any atom is 0.0470 e. The van der Waals surface area contributed by atoms with Crippen LogP contribution in [0, 0.1) is 11.8 Å². The SMILES string of the molecule is NCC(c1cccc(C2CC2)c1)N1CC2CCCC2C1. The highest BCUT2D eigenvalue weighted by molar-refractivity contribution is 5.31. The molecule has 0 amide bonds. The van der Waals surface area contributed by atoms with Crippen molar-refractivity contribution in [3.8, 4) is 0 Å². The number of rotatable bonds is 4. The molecule has 1 aromatic carbocycles. The number of nitrogens with two attached hydrogens (primary N) is 1. The van der Waals surface area contributed by atoms with E-state index in [2.05, 4.69) is 29.2 Å². The largest absolute Gasteiger partial charge is 0.329 e. The van der Waals surface area contributed by atoms with Crippen molar-refractivity contribution in [1.82, 2.24) is 4.90 Å². The molecule has 3 aliphatic rings. The van der Waals surface area contributed by atoms with E-state index in [0.29, 0.717) is 6.04 Å². The molecule has 20 heavy (non-hydrogen) atoms. The van der Waals surface area contributed by atoms with Crippen LogP contribution < -0.4 is 5.73 Å². The first-order valence-electron chi connectivity index (χ1n) is 8.39. The Morgan fingerprint density at radius 2 is 1.85 bits per heavy atom. The van der Waals surface area contributed by atoms with Gasteiger partial charge in [-0.25, -0.2) is 0 Å². The number of nitrogens with zero attached hydrogens (tertiary/aromatic N) is 1. The molecule has 1 saturated heterocycles. The third-order valence-corrected chi connectivity index (χ3v) is 5.76. The molecule has 1 heterocycles. The maximum absolute atomic E-state index is 6.14. The van der Waals surface area contributed by atoms with E-state index in [0.717, 1.165) is 24.3 Å². The highest BCUT2D eigenvalue weighted by Gasteiger charge is 2.38. The van der Waals surface area contributed by atoms with Crippen molar-refractivity contribution in [1.29, 1.82) is 0 Å². The zero-order chi connectivity index (χ0) is 13.5. The lowest BCUT2D eigenvalue weighted by Crippen LogP contribution is -2.32. The Balaban J connectivity index is 1.54. The fourth-order valence-corrected chi connectivity index (χ4v) is 4.46. The van der Waals surface area contributed by atoms with Gasteiger partial charge in [0.25, 0.3) is 0 Å². The highest BCUT2D eigenvalue weighted by atomic mass is 15.2. The summed E-state index contributed by atoms with van der Waals surface area (Å²) in [4.78, 5) is 2.67. The lowest BCUT2D eigenvalue weighted by atomic mass is 10.0. The Hall–Kier alpha value is -0.860. The highest BCUT2D eigenvalue weighted by Crippen LogP contribution is 2.43. The van der Waals surface area contributed by atoms with Gasteiger partial charge in [-0.15, -0.1) is 0 Å². The van der Waals surface area contributed by atoms with Crippen LogP contribution in [0.15, 0.2) is 24.3 Å². The van der Waals surface area contributed by atoms with Gasteiger partial charge in [0.2, 0.25) is 0 Å². The Kier molecular flexibility index (Phi) is 3.31. The molecule has 3 fully saturated rings. The standard InChI is InChI=1S/C18H26N2/c19-10-18(20-11-16-5-2-6-17(16)12-20)15-4-1-3-14(9-15)13-7-8-13/h1,3-4,9,13,16-18H,2,5-8,10-12,19H2. The van der Waals surface area contributed by atoms with Crippen LogP contribution in [-0.2, 0) is 0 Å². The smallest absolute Gasteiger partial charge is 0.0470 e. The molecule has 3 atom stereocenters. The maximum atomic E-state index is 6.14. The number of hydrogen-bond donors (Lipinski definition) is 1. The van der Waals surface area contributed by atoms with Crippen LogP contribution in [0.5, 0.6) is 0 Å². The zero-order valence-corrected chi connectivity index (χ0v) is 12.3. The van der Waals surface area contributed by atoms with E-state index < -0.39 is 0 Å². The molecule has 2 saturated carbocycles. The number of likely N-dealkylation sites (tertiary alicyclic amines) is 1. The van der Waals surface area contributed by atoms with Gasteiger partial charge < -0.3 is 5.73 Å². The minimum absolute atomic E-state index is 0.444. The minimum Gasteiger partial charge on any atom is -0.329 e. The molecular weight excluding hydrogens is 244 g/mol. The molecule has 3 unspecified atom stereocenters. The summed E-state index contributed by atoms with van der Waals surface area (Å²) in [5, 5.41) is 0. The molecule has 1 aromatic rings. The Morgan fingerprint density at radius 3 is 2.50 bits per heavy atom. The second kappa shape index (κ2) is 5.16. The van der Waals surface area contributed by atoms with Crippen LogP contribution in [0.2, 0.25) is 0 Å². The van der Waals surface area contributed by atoms with Crippen LogP contribution in [0.25, 0.3) is 0 Å². The first-order valence-corrected chi connectivity index (χ1v) is 8.39. The van der Waals surface area contributed by atoms with Crippen molar-refractivity contribution in [3.63, 3.8) is 0 Å². The summed E-state index contributed by atoms with van der Waals surface area (Å²) in [6.07, 6.45) is 7.10. The van der Waals surface area contributed by atoms with Crippen LogP contribution in [0.3, 0.4) is 0 Å². The summed E-state index contributed by atoms with van der Waals surface area (Å²) < 4.78 is 0. The molecule has 0 radical (unpaired) electrons. The molecule has 2 N–H and O–H groups in total. The molecule has 108 valence electrons. The minimum atomic E-state index is 0.444. The molecule has 4 rings (SSSR count). The Bertz CT molecular complexity index is 468. The van der Waals surface area contributed by atoms with E-state index >= 15 is 0 Å². The third kappa shape index (κ3) is 2.29. The summed E-state index contributed by atoms with van der Waals surface area (Å²) in [5.74, 6) is 2.75. The van der Waals surface area contributed by atoms with Gasteiger partial charge in [-0.1, -0.05) is 30.7 Å². The van der Waals surface area contributed by atoms with Crippen LogP contribution in [-0.4, -0.2) is 24.5 Å². The quantitative estimate of drug-likeness (QED) is 0.909. The van der Waals surface area contributed by atoms with Gasteiger partial charge in [0, 0.05) is 25.7 Å². The van der Waals surface area contributed by atoms with E-state index in [1.165, 1.54) is 50.8 Å². The van der Waals surface area contributed by atoms with Crippen LogP contribution >= 0.6 is 0 Å². The Labute approximate surface area is 122 Å². The Morgan fingerprint density at radius 1 is 1.10 bits per heavy atom. The number of fused-ring (bicyclic) bond motifs is 1. The predicted molar refractivity (Wildman–Crippen MR) is 82.6 cm³/mol. The van der Waals surface area contributed by atoms with Crippen molar-refractivity contribution in [3.05, 3.63) is 35.4 Å². The number of benzene rings is 1. The van der Waals surface area contributed by atoms with E-state index in [9.17, 15) is 0 Å². The monoisotopic (exact) mass is 270 g/mol. The molecule has 2 aliphatic carbocycles. The summed E-state index contributed by atoms with van der Waals surface area (Å²) in [6, 6.07) is 9.70. The molecule has 2 heteroatoms. The van der Waals surface area contributed by atoms with Gasteiger partial charge in [-0.2, -0.15) is 0 Å². The van der Waals surface area contributed by atoms with Crippen molar-refractivity contribution in [2.24, 2.45) is 17.6 Å². The molecule has 0 bridgehead atoms. The average molecular weight is 270 g/mol. The van der Waals surface area contributed by atoms with Crippen molar-refractivity contribution in [2.45, 2.75) is 44.1 Å². The van der Waals surface area contributed by atoms with Crippen LogP contribution in [0.1, 0.15) is 55.2 Å². The van der Waals surface area contributed by atoms with Gasteiger partial charge in [0.15, 0.2) is 0 Å². The van der Waals surface area contributed by atoms with Crippen molar-refractivity contribution in [2.75, 3.05) is 19.6 Å². The normalized spacial score (nSPS) is 31.4. The van der Waals surface area contributed by atoms with Gasteiger partial charge >= 0.3 is 0 Å². The van der Waals surface area contributed by atoms with E-state index in [1.807, 2.05) is 0 Å². The zero-order valence-electron chi connectivity index (χ0n) is 12.3.